The van der Waals surface area contributed by atoms with Crippen LogP contribution >= 0.6 is 0 Å². The summed E-state index contributed by atoms with van der Waals surface area (Å²) in [5, 5.41) is 0. The smallest absolute Gasteiger partial charge is 0.241 e. The van der Waals surface area contributed by atoms with Crippen molar-refractivity contribution in [2.45, 2.75) is 24.3 Å². The molecule has 1 aromatic carbocycles. The summed E-state index contributed by atoms with van der Waals surface area (Å²) in [7, 11) is -3.51. The molecule has 0 amide bonds. The van der Waals surface area contributed by atoms with E-state index in [1.807, 2.05) is 0 Å². The Kier molecular flexibility index (Phi) is 3.37. The van der Waals surface area contributed by atoms with Crippen LogP contribution in [0.5, 0.6) is 0 Å². The number of hydrogen-bond donors (Lipinski definition) is 2. The molecule has 3 N–H and O–H groups in total. The first-order chi connectivity index (χ1) is 7.99. The largest absolute Gasteiger partial charge is 0.399 e. The second-order valence-corrected chi connectivity index (χ2v) is 5.89. The first-order valence-corrected chi connectivity index (χ1v) is 6.93. The molecule has 2 rings (SSSR count). The van der Waals surface area contributed by atoms with E-state index < -0.39 is 10.0 Å². The molecular formula is C11H16N2O3S. The van der Waals surface area contributed by atoms with Crippen LogP contribution < -0.4 is 10.5 Å². The summed E-state index contributed by atoms with van der Waals surface area (Å²) >= 11 is 0. The Hall–Kier alpha value is -1.11. The van der Waals surface area contributed by atoms with E-state index in [0.29, 0.717) is 30.9 Å². The lowest BCUT2D eigenvalue weighted by Gasteiger charge is -2.13. The molecule has 0 radical (unpaired) electrons. The Balaban J connectivity index is 2.27. The van der Waals surface area contributed by atoms with Crippen molar-refractivity contribution in [2.75, 3.05) is 18.9 Å². The van der Waals surface area contributed by atoms with Gasteiger partial charge in [0.2, 0.25) is 10.0 Å². The minimum absolute atomic E-state index is 0.138. The normalized spacial score (nSPS) is 20.6. The van der Waals surface area contributed by atoms with Crippen LogP contribution in [-0.4, -0.2) is 27.7 Å². The third kappa shape index (κ3) is 2.77. The fourth-order valence-corrected chi connectivity index (χ4v) is 3.35. The molecule has 1 saturated heterocycles. The van der Waals surface area contributed by atoms with E-state index in [0.717, 1.165) is 0 Å². The van der Waals surface area contributed by atoms with E-state index in [4.69, 9.17) is 10.5 Å². The van der Waals surface area contributed by atoms with Crippen LogP contribution in [0.15, 0.2) is 23.1 Å². The highest BCUT2D eigenvalue weighted by molar-refractivity contribution is 7.89. The summed E-state index contributed by atoms with van der Waals surface area (Å²) < 4.78 is 32.1. The van der Waals surface area contributed by atoms with Crippen LogP contribution in [0, 0.1) is 6.92 Å². The number of nitrogens with one attached hydrogen (secondary N) is 1. The SMILES string of the molecule is Cc1ccc(N)cc1S(=O)(=O)NC1CCOC1. The van der Waals surface area contributed by atoms with Crippen LogP contribution in [-0.2, 0) is 14.8 Å². The van der Waals surface area contributed by atoms with Gasteiger partial charge in [-0.15, -0.1) is 0 Å². The molecular weight excluding hydrogens is 240 g/mol. The number of anilines is 1. The lowest BCUT2D eigenvalue weighted by molar-refractivity contribution is 0.192. The van der Waals surface area contributed by atoms with E-state index in [2.05, 4.69) is 4.72 Å². The van der Waals surface area contributed by atoms with Crippen LogP contribution in [0.1, 0.15) is 12.0 Å². The van der Waals surface area contributed by atoms with Gasteiger partial charge in [-0.05, 0) is 31.0 Å². The summed E-state index contributed by atoms with van der Waals surface area (Å²) in [5.41, 5.74) is 6.74. The first-order valence-electron chi connectivity index (χ1n) is 5.45. The lowest BCUT2D eigenvalue weighted by atomic mass is 10.2. The number of hydrogen-bond acceptors (Lipinski definition) is 4. The number of nitrogens with two attached hydrogens (primary N) is 1. The zero-order valence-corrected chi connectivity index (χ0v) is 10.5. The summed E-state index contributed by atoms with van der Waals surface area (Å²) in [6, 6.07) is 4.73. The van der Waals surface area contributed by atoms with Gasteiger partial charge in [-0.3, -0.25) is 0 Å². The number of benzene rings is 1. The Labute approximate surface area is 101 Å². The highest BCUT2D eigenvalue weighted by Gasteiger charge is 2.24. The second kappa shape index (κ2) is 4.64. The summed E-state index contributed by atoms with van der Waals surface area (Å²) in [6.45, 7) is 2.78. The lowest BCUT2D eigenvalue weighted by Crippen LogP contribution is -2.35. The van der Waals surface area contributed by atoms with Crippen molar-refractivity contribution in [2.24, 2.45) is 0 Å². The highest BCUT2D eigenvalue weighted by Crippen LogP contribution is 2.19. The molecule has 1 unspecified atom stereocenters. The van der Waals surface area contributed by atoms with E-state index in [-0.39, 0.29) is 10.9 Å². The average molecular weight is 256 g/mol. The first kappa shape index (κ1) is 12.3. The maximum absolute atomic E-state index is 12.1. The van der Waals surface area contributed by atoms with Crippen LogP contribution in [0.4, 0.5) is 5.69 Å². The fourth-order valence-electron chi connectivity index (χ4n) is 1.82. The molecule has 94 valence electrons. The van der Waals surface area contributed by atoms with Crippen molar-refractivity contribution < 1.29 is 13.2 Å². The van der Waals surface area contributed by atoms with Gasteiger partial charge in [0.1, 0.15) is 0 Å². The molecule has 0 spiro atoms. The van der Waals surface area contributed by atoms with Crippen molar-refractivity contribution in [1.29, 1.82) is 0 Å². The van der Waals surface area contributed by atoms with Crippen LogP contribution in [0.3, 0.4) is 0 Å². The van der Waals surface area contributed by atoms with Crippen LogP contribution in [0.25, 0.3) is 0 Å². The molecule has 0 saturated carbocycles. The van der Waals surface area contributed by atoms with Gasteiger partial charge in [-0.1, -0.05) is 6.07 Å². The minimum atomic E-state index is -3.51. The van der Waals surface area contributed by atoms with Crippen molar-refractivity contribution in [3.63, 3.8) is 0 Å². The zero-order valence-electron chi connectivity index (χ0n) is 9.64. The van der Waals surface area contributed by atoms with Gasteiger partial charge in [-0.2, -0.15) is 0 Å². The van der Waals surface area contributed by atoms with Gasteiger partial charge in [-0.25, -0.2) is 13.1 Å². The summed E-state index contributed by atoms with van der Waals surface area (Å²) in [4.78, 5) is 0.240. The maximum atomic E-state index is 12.1. The number of nitrogen functional groups attached to an aromatic ring is 1. The molecule has 0 aliphatic carbocycles. The third-order valence-corrected chi connectivity index (χ3v) is 4.42. The predicted molar refractivity (Wildman–Crippen MR) is 65.1 cm³/mol. The number of sulfonamides is 1. The van der Waals surface area contributed by atoms with Gasteiger partial charge >= 0.3 is 0 Å². The zero-order chi connectivity index (χ0) is 12.5. The number of ether oxygens (including phenoxy) is 1. The molecule has 1 atom stereocenters. The summed E-state index contributed by atoms with van der Waals surface area (Å²) in [6.07, 6.45) is 0.709. The predicted octanol–water partition coefficient (Wildman–Crippen LogP) is 0.644. The molecule has 0 bridgehead atoms. The Morgan fingerprint density at radius 3 is 2.88 bits per heavy atom. The molecule has 1 aliphatic rings. The molecule has 1 aromatic rings. The molecule has 1 heterocycles. The van der Waals surface area contributed by atoms with E-state index in [1.54, 1.807) is 19.1 Å². The van der Waals surface area contributed by atoms with Crippen LogP contribution in [0.2, 0.25) is 0 Å². The van der Waals surface area contributed by atoms with Gasteiger partial charge in [0.25, 0.3) is 0 Å². The Morgan fingerprint density at radius 1 is 1.47 bits per heavy atom. The molecule has 1 aliphatic heterocycles. The van der Waals surface area contributed by atoms with E-state index in [1.165, 1.54) is 6.07 Å². The van der Waals surface area contributed by atoms with Crippen molar-refractivity contribution in [3.05, 3.63) is 23.8 Å². The molecule has 1 fully saturated rings. The van der Waals surface area contributed by atoms with Crippen molar-refractivity contribution >= 4 is 15.7 Å². The second-order valence-electron chi connectivity index (χ2n) is 4.21. The monoisotopic (exact) mass is 256 g/mol. The van der Waals surface area contributed by atoms with Crippen molar-refractivity contribution in [3.8, 4) is 0 Å². The van der Waals surface area contributed by atoms with E-state index in [9.17, 15) is 8.42 Å². The van der Waals surface area contributed by atoms with Crippen molar-refractivity contribution in [1.82, 2.24) is 4.72 Å². The molecule has 17 heavy (non-hydrogen) atoms. The Bertz CT molecular complexity index is 507. The standard InChI is InChI=1S/C11H16N2O3S/c1-8-2-3-9(12)6-11(8)17(14,15)13-10-4-5-16-7-10/h2-3,6,10,13H,4-5,7,12H2,1H3. The molecule has 0 aromatic heterocycles. The van der Waals surface area contributed by atoms with Gasteiger partial charge < -0.3 is 10.5 Å². The highest BCUT2D eigenvalue weighted by atomic mass is 32.2. The van der Waals surface area contributed by atoms with Gasteiger partial charge in [0, 0.05) is 18.3 Å². The number of rotatable bonds is 3. The Morgan fingerprint density at radius 2 is 2.24 bits per heavy atom. The molecule has 6 heteroatoms. The maximum Gasteiger partial charge on any atom is 0.241 e. The van der Waals surface area contributed by atoms with E-state index >= 15 is 0 Å². The topological polar surface area (TPSA) is 81.4 Å². The van der Waals surface area contributed by atoms with Gasteiger partial charge in [0.05, 0.1) is 11.5 Å². The summed E-state index contributed by atoms with van der Waals surface area (Å²) in [5.74, 6) is 0. The average Bonchev–Trinajstić information content (AvgIpc) is 2.73. The van der Waals surface area contributed by atoms with Gasteiger partial charge in [0.15, 0.2) is 0 Å². The fraction of sp³-hybridized carbons (Fsp3) is 0.455. The molecule has 5 nitrogen and oxygen atoms in total. The third-order valence-electron chi connectivity index (χ3n) is 2.75. The quantitative estimate of drug-likeness (QED) is 0.778. The minimum Gasteiger partial charge on any atom is -0.399 e. The number of aryl methyl sites for hydroxylation is 1.